The van der Waals surface area contributed by atoms with Crippen molar-refractivity contribution in [1.29, 1.82) is 0 Å². The summed E-state index contributed by atoms with van der Waals surface area (Å²) in [6.07, 6.45) is 6.67. The number of hydrogen-bond acceptors (Lipinski definition) is 4. The lowest BCUT2D eigenvalue weighted by Gasteiger charge is -2.38. The molecule has 0 aromatic rings. The highest BCUT2D eigenvalue weighted by molar-refractivity contribution is 5.72. The zero-order valence-electron chi connectivity index (χ0n) is 12.2. The van der Waals surface area contributed by atoms with Gasteiger partial charge in [-0.2, -0.15) is 0 Å². The molecular weight excluding hydrogens is 256 g/mol. The molecule has 0 spiro atoms. The van der Waals surface area contributed by atoms with E-state index < -0.39 is 12.1 Å². The van der Waals surface area contributed by atoms with Crippen molar-refractivity contribution in [3.63, 3.8) is 0 Å². The Bertz CT molecular complexity index is 336. The van der Waals surface area contributed by atoms with Crippen LogP contribution in [0.3, 0.4) is 0 Å². The van der Waals surface area contributed by atoms with Crippen LogP contribution in [0.1, 0.15) is 38.5 Å². The number of aliphatic carboxylic acids is 1. The van der Waals surface area contributed by atoms with Crippen molar-refractivity contribution in [3.8, 4) is 0 Å². The number of piperazine rings is 1. The highest BCUT2D eigenvalue weighted by Gasteiger charge is 2.33. The van der Waals surface area contributed by atoms with Crippen LogP contribution in [0.4, 0.5) is 0 Å². The second-order valence-corrected chi connectivity index (χ2v) is 6.44. The lowest BCUT2D eigenvalue weighted by atomic mass is 10.1. The molecule has 114 valence electrons. The Labute approximate surface area is 120 Å². The zero-order valence-corrected chi connectivity index (χ0v) is 12.2. The molecule has 2 unspecified atom stereocenters. The van der Waals surface area contributed by atoms with Crippen molar-refractivity contribution >= 4 is 5.97 Å². The Morgan fingerprint density at radius 2 is 1.75 bits per heavy atom. The van der Waals surface area contributed by atoms with Gasteiger partial charge in [0.15, 0.2) is 6.10 Å². The van der Waals surface area contributed by atoms with Gasteiger partial charge in [0.05, 0.1) is 6.10 Å². The molecular formula is C15H26N2O3. The van der Waals surface area contributed by atoms with E-state index in [1.807, 2.05) is 0 Å². The number of hydrogen-bond donors (Lipinski definition) is 1. The van der Waals surface area contributed by atoms with E-state index >= 15 is 0 Å². The molecule has 3 aliphatic rings. The van der Waals surface area contributed by atoms with Gasteiger partial charge in [0.25, 0.3) is 0 Å². The van der Waals surface area contributed by atoms with Gasteiger partial charge in [-0.25, -0.2) is 4.79 Å². The summed E-state index contributed by atoms with van der Waals surface area (Å²) in [7, 11) is 0. The van der Waals surface area contributed by atoms with Gasteiger partial charge in [-0.15, -0.1) is 0 Å². The van der Waals surface area contributed by atoms with Crippen molar-refractivity contribution in [1.82, 2.24) is 9.80 Å². The van der Waals surface area contributed by atoms with Crippen LogP contribution in [-0.2, 0) is 9.53 Å². The van der Waals surface area contributed by atoms with Crippen molar-refractivity contribution in [2.75, 3.05) is 32.7 Å². The average Bonchev–Trinajstić information content (AvgIpc) is 3.10. The molecule has 3 rings (SSSR count). The number of nitrogens with zero attached hydrogens (tertiary/aromatic N) is 2. The predicted molar refractivity (Wildman–Crippen MR) is 75.8 cm³/mol. The van der Waals surface area contributed by atoms with E-state index in [0.717, 1.165) is 32.1 Å². The van der Waals surface area contributed by atoms with Gasteiger partial charge in [0.2, 0.25) is 0 Å². The van der Waals surface area contributed by atoms with Crippen molar-refractivity contribution in [2.45, 2.75) is 56.8 Å². The summed E-state index contributed by atoms with van der Waals surface area (Å²) in [5, 5.41) is 8.95. The molecule has 0 aromatic heterocycles. The monoisotopic (exact) mass is 282 g/mol. The molecule has 2 atom stereocenters. The highest BCUT2D eigenvalue weighted by atomic mass is 16.5. The number of carbonyl (C=O) groups is 1. The van der Waals surface area contributed by atoms with Gasteiger partial charge >= 0.3 is 5.97 Å². The van der Waals surface area contributed by atoms with E-state index in [4.69, 9.17) is 9.84 Å². The third-order valence-electron chi connectivity index (χ3n) is 5.09. The number of ether oxygens (including phenoxy) is 1. The van der Waals surface area contributed by atoms with E-state index in [0.29, 0.717) is 6.42 Å². The van der Waals surface area contributed by atoms with Crippen LogP contribution in [0.5, 0.6) is 0 Å². The van der Waals surface area contributed by atoms with Gasteiger partial charge in [-0.3, -0.25) is 9.80 Å². The molecule has 1 aliphatic carbocycles. The van der Waals surface area contributed by atoms with Crippen molar-refractivity contribution in [3.05, 3.63) is 0 Å². The van der Waals surface area contributed by atoms with E-state index in [1.54, 1.807) is 0 Å². The topological polar surface area (TPSA) is 53.0 Å². The Balaban J connectivity index is 1.39. The second kappa shape index (κ2) is 6.41. The Morgan fingerprint density at radius 1 is 1.05 bits per heavy atom. The largest absolute Gasteiger partial charge is 0.479 e. The molecule has 3 fully saturated rings. The van der Waals surface area contributed by atoms with Crippen molar-refractivity contribution < 1.29 is 14.6 Å². The molecule has 20 heavy (non-hydrogen) atoms. The summed E-state index contributed by atoms with van der Waals surface area (Å²) in [5.74, 6) is -0.807. The van der Waals surface area contributed by atoms with Crippen LogP contribution in [0.25, 0.3) is 0 Å². The molecule has 0 bridgehead atoms. The fraction of sp³-hybridized carbons (Fsp3) is 0.933. The second-order valence-electron chi connectivity index (χ2n) is 6.44. The third-order valence-corrected chi connectivity index (χ3v) is 5.09. The molecule has 0 radical (unpaired) electrons. The van der Waals surface area contributed by atoms with E-state index in [2.05, 4.69) is 9.80 Å². The highest BCUT2D eigenvalue weighted by Crippen LogP contribution is 2.25. The van der Waals surface area contributed by atoms with Crippen LogP contribution < -0.4 is 0 Å². The fourth-order valence-corrected chi connectivity index (χ4v) is 3.89. The molecule has 2 saturated heterocycles. The first-order valence-corrected chi connectivity index (χ1v) is 8.07. The molecule has 1 saturated carbocycles. The van der Waals surface area contributed by atoms with Crippen LogP contribution >= 0.6 is 0 Å². The molecule has 0 amide bonds. The van der Waals surface area contributed by atoms with Crippen molar-refractivity contribution in [2.24, 2.45) is 0 Å². The summed E-state index contributed by atoms with van der Waals surface area (Å²) in [6, 6.07) is 0.830. The normalized spacial score (nSPS) is 33.8. The quantitative estimate of drug-likeness (QED) is 0.839. The molecule has 5 nitrogen and oxygen atoms in total. The lowest BCUT2D eigenvalue weighted by molar-refractivity contribution is -0.149. The minimum atomic E-state index is -0.807. The van der Waals surface area contributed by atoms with Crippen LogP contribution in [0.2, 0.25) is 0 Å². The number of rotatable bonds is 4. The Morgan fingerprint density at radius 3 is 2.35 bits per heavy atom. The third kappa shape index (κ3) is 3.32. The minimum absolute atomic E-state index is 0.120. The molecule has 1 N–H and O–H groups in total. The standard InChI is InChI=1S/C15H26N2O3/c18-15(19)14-6-5-13(20-14)11-16-7-9-17(10-8-16)12-3-1-2-4-12/h12-14H,1-11H2,(H,18,19). The number of carboxylic acid groups (broad SMARTS) is 1. The van der Waals surface area contributed by atoms with Crippen LogP contribution in [0.15, 0.2) is 0 Å². The lowest BCUT2D eigenvalue weighted by Crippen LogP contribution is -2.51. The van der Waals surface area contributed by atoms with Crippen LogP contribution in [0, 0.1) is 0 Å². The zero-order chi connectivity index (χ0) is 13.9. The summed E-state index contributed by atoms with van der Waals surface area (Å²) in [6.45, 7) is 5.45. The molecule has 2 aliphatic heterocycles. The summed E-state index contributed by atoms with van der Waals surface area (Å²) < 4.78 is 5.60. The maximum absolute atomic E-state index is 10.9. The first kappa shape index (κ1) is 14.3. The summed E-state index contributed by atoms with van der Waals surface area (Å²) >= 11 is 0. The van der Waals surface area contributed by atoms with E-state index in [9.17, 15) is 4.79 Å². The molecule has 5 heteroatoms. The SMILES string of the molecule is O=C(O)C1CCC(CN2CCN(C3CCCC3)CC2)O1. The number of carboxylic acids is 1. The average molecular weight is 282 g/mol. The van der Waals surface area contributed by atoms with Crippen LogP contribution in [-0.4, -0.2) is 71.8 Å². The summed E-state index contributed by atoms with van der Waals surface area (Å²) in [5.41, 5.74) is 0. The van der Waals surface area contributed by atoms with Gasteiger partial charge in [0.1, 0.15) is 0 Å². The molecule has 2 heterocycles. The smallest absolute Gasteiger partial charge is 0.332 e. The van der Waals surface area contributed by atoms with E-state index in [-0.39, 0.29) is 6.10 Å². The predicted octanol–water partition coefficient (Wildman–Crippen LogP) is 1.18. The van der Waals surface area contributed by atoms with E-state index in [1.165, 1.54) is 38.8 Å². The fourth-order valence-electron chi connectivity index (χ4n) is 3.89. The first-order valence-electron chi connectivity index (χ1n) is 8.07. The minimum Gasteiger partial charge on any atom is -0.479 e. The van der Waals surface area contributed by atoms with Gasteiger partial charge < -0.3 is 9.84 Å². The maximum Gasteiger partial charge on any atom is 0.332 e. The first-order chi connectivity index (χ1) is 9.72. The Hall–Kier alpha value is -0.650. The maximum atomic E-state index is 10.9. The molecule has 0 aromatic carbocycles. The van der Waals surface area contributed by atoms with Gasteiger partial charge in [-0.05, 0) is 25.7 Å². The van der Waals surface area contributed by atoms with Gasteiger partial charge in [-0.1, -0.05) is 12.8 Å². The van der Waals surface area contributed by atoms with Gasteiger partial charge in [0, 0.05) is 38.8 Å². The summed E-state index contributed by atoms with van der Waals surface area (Å²) in [4.78, 5) is 16.0. The Kier molecular flexibility index (Phi) is 4.58.